The van der Waals surface area contributed by atoms with E-state index < -0.39 is 25.6 Å². The number of sulfone groups is 1. The van der Waals surface area contributed by atoms with E-state index in [1.54, 1.807) is 12.1 Å². The molecule has 1 aromatic heterocycles. The third-order valence-electron chi connectivity index (χ3n) is 3.45. The summed E-state index contributed by atoms with van der Waals surface area (Å²) in [6.45, 7) is 5.37. The number of rotatable bonds is 6. The number of thiophene rings is 1. The van der Waals surface area contributed by atoms with Crippen LogP contribution < -0.4 is 0 Å². The number of nitrogens with zero attached hydrogens (tertiary/aromatic N) is 1. The first-order valence-corrected chi connectivity index (χ1v) is 11.9. The first kappa shape index (κ1) is 20.2. The van der Waals surface area contributed by atoms with Gasteiger partial charge in [-0.15, -0.1) is 11.3 Å². The van der Waals surface area contributed by atoms with Crippen LogP contribution in [0.5, 0.6) is 0 Å². The molecule has 0 unspecified atom stereocenters. The van der Waals surface area contributed by atoms with Crippen molar-refractivity contribution in [3.05, 3.63) is 64.5 Å². The second-order valence-corrected chi connectivity index (χ2v) is 10.5. The highest BCUT2D eigenvalue weighted by Gasteiger charge is 2.23. The zero-order chi connectivity index (χ0) is 19.4. The number of sulfonamides is 1. The zero-order valence-corrected chi connectivity index (χ0v) is 16.9. The van der Waals surface area contributed by atoms with E-state index in [4.69, 9.17) is 0 Å². The highest BCUT2D eigenvalue weighted by molar-refractivity contribution is 7.92. The average molecular weight is 410 g/mol. The average Bonchev–Trinajstić information content (AvgIpc) is 3.03. The lowest BCUT2D eigenvalue weighted by Crippen LogP contribution is -2.32. The molecule has 1 heterocycles. The Morgan fingerprint density at radius 1 is 1.15 bits per heavy atom. The molecule has 0 atom stereocenters. The maximum absolute atomic E-state index is 12.5. The molecule has 0 radical (unpaired) electrons. The fraction of sp³-hybridized carbons (Fsp3) is 0.222. The number of benzene rings is 1. The van der Waals surface area contributed by atoms with Crippen LogP contribution >= 0.6 is 11.3 Å². The maximum Gasteiger partial charge on any atom is 0.232 e. The molecule has 8 heteroatoms. The standard InChI is InChI=1S/C18H19NO4S3/c1-15-8-10-18(11-9-15)26(22,23)14-16(2)19(25(3,20)21)12-4-6-17-7-5-13-24-17/h5,7-11,13H,2,12,14H2,1,3H3. The highest BCUT2D eigenvalue weighted by Crippen LogP contribution is 2.17. The van der Waals surface area contributed by atoms with Gasteiger partial charge in [-0.25, -0.2) is 16.8 Å². The summed E-state index contributed by atoms with van der Waals surface area (Å²) >= 11 is 1.44. The molecule has 5 nitrogen and oxygen atoms in total. The summed E-state index contributed by atoms with van der Waals surface area (Å²) in [5, 5.41) is 1.87. The lowest BCUT2D eigenvalue weighted by Gasteiger charge is -2.22. The van der Waals surface area contributed by atoms with Crippen molar-refractivity contribution in [3.63, 3.8) is 0 Å². The zero-order valence-electron chi connectivity index (χ0n) is 14.5. The van der Waals surface area contributed by atoms with E-state index in [0.717, 1.165) is 21.0 Å². The van der Waals surface area contributed by atoms with Crippen LogP contribution in [-0.2, 0) is 19.9 Å². The number of hydrogen-bond donors (Lipinski definition) is 0. The molecule has 0 aliphatic rings. The topological polar surface area (TPSA) is 71.5 Å². The van der Waals surface area contributed by atoms with Gasteiger partial charge >= 0.3 is 0 Å². The maximum atomic E-state index is 12.5. The van der Waals surface area contributed by atoms with E-state index >= 15 is 0 Å². The third-order valence-corrected chi connectivity index (χ3v) is 7.12. The summed E-state index contributed by atoms with van der Waals surface area (Å²) in [6, 6.07) is 10.0. The molecule has 1 aromatic carbocycles. The number of hydrogen-bond acceptors (Lipinski definition) is 5. The molecule has 0 saturated heterocycles. The third kappa shape index (κ3) is 5.46. The number of aryl methyl sites for hydroxylation is 1. The van der Waals surface area contributed by atoms with E-state index in [0.29, 0.717) is 0 Å². The minimum absolute atomic E-state index is 0.0337. The SMILES string of the molecule is C=C(CS(=O)(=O)c1ccc(C)cc1)N(CC#Cc1cccs1)S(C)(=O)=O. The molecule has 0 fully saturated rings. The Kier molecular flexibility index (Phi) is 6.29. The second kappa shape index (κ2) is 8.08. The van der Waals surface area contributed by atoms with Gasteiger partial charge in [-0.1, -0.05) is 42.2 Å². The van der Waals surface area contributed by atoms with Crippen LogP contribution in [0, 0.1) is 18.8 Å². The van der Waals surface area contributed by atoms with Crippen molar-refractivity contribution in [1.29, 1.82) is 0 Å². The van der Waals surface area contributed by atoms with Crippen molar-refractivity contribution in [2.45, 2.75) is 11.8 Å². The van der Waals surface area contributed by atoms with Gasteiger partial charge in [-0.05, 0) is 30.5 Å². The summed E-state index contributed by atoms with van der Waals surface area (Å²) in [7, 11) is -7.40. The molecular weight excluding hydrogens is 390 g/mol. The summed E-state index contributed by atoms with van der Waals surface area (Å²) in [5.41, 5.74) is 0.901. The summed E-state index contributed by atoms with van der Waals surface area (Å²) in [5.74, 6) is 5.12. The highest BCUT2D eigenvalue weighted by atomic mass is 32.2. The summed E-state index contributed by atoms with van der Waals surface area (Å²) < 4.78 is 50.1. The van der Waals surface area contributed by atoms with E-state index in [1.165, 1.54) is 23.5 Å². The van der Waals surface area contributed by atoms with Gasteiger partial charge in [-0.2, -0.15) is 0 Å². The molecule has 2 aromatic rings. The van der Waals surface area contributed by atoms with Crippen LogP contribution in [0.1, 0.15) is 10.4 Å². The van der Waals surface area contributed by atoms with Crippen LogP contribution in [0.3, 0.4) is 0 Å². The van der Waals surface area contributed by atoms with E-state index in [1.807, 2.05) is 24.4 Å². The Hall–Kier alpha value is -2.08. The first-order valence-electron chi connectivity index (χ1n) is 7.57. The summed E-state index contributed by atoms with van der Waals surface area (Å²) in [6.07, 6.45) is 1.00. The normalized spacial score (nSPS) is 11.5. The van der Waals surface area contributed by atoms with Crippen molar-refractivity contribution in [2.24, 2.45) is 0 Å². The smallest absolute Gasteiger partial charge is 0.232 e. The monoisotopic (exact) mass is 409 g/mol. The van der Waals surface area contributed by atoms with Crippen LogP contribution in [-0.4, -0.2) is 39.7 Å². The van der Waals surface area contributed by atoms with E-state index in [-0.39, 0.29) is 17.1 Å². The van der Waals surface area contributed by atoms with E-state index in [9.17, 15) is 16.8 Å². The van der Waals surface area contributed by atoms with Crippen molar-refractivity contribution in [3.8, 4) is 11.8 Å². The van der Waals surface area contributed by atoms with Gasteiger partial charge in [0.05, 0.1) is 28.3 Å². The van der Waals surface area contributed by atoms with Crippen LogP contribution in [0.2, 0.25) is 0 Å². The molecule has 2 rings (SSSR count). The van der Waals surface area contributed by atoms with Crippen LogP contribution in [0.15, 0.2) is 58.9 Å². The fourth-order valence-corrected chi connectivity index (χ4v) is 4.95. The minimum Gasteiger partial charge on any atom is -0.262 e. The van der Waals surface area contributed by atoms with Gasteiger partial charge in [0.15, 0.2) is 9.84 Å². The molecule has 26 heavy (non-hydrogen) atoms. The van der Waals surface area contributed by atoms with Crippen LogP contribution in [0.4, 0.5) is 0 Å². The van der Waals surface area contributed by atoms with Gasteiger partial charge < -0.3 is 0 Å². The fourth-order valence-electron chi connectivity index (χ4n) is 2.13. The molecule has 0 aliphatic carbocycles. The van der Waals surface area contributed by atoms with Gasteiger partial charge in [0, 0.05) is 5.70 Å². The Bertz CT molecular complexity index is 1040. The molecular formula is C18H19NO4S3. The molecule has 0 spiro atoms. The quantitative estimate of drug-likeness (QED) is 0.688. The Balaban J connectivity index is 2.20. The van der Waals surface area contributed by atoms with Crippen molar-refractivity contribution in [1.82, 2.24) is 4.31 Å². The van der Waals surface area contributed by atoms with Gasteiger partial charge in [0.25, 0.3) is 0 Å². The van der Waals surface area contributed by atoms with E-state index in [2.05, 4.69) is 18.4 Å². The van der Waals surface area contributed by atoms with Gasteiger partial charge in [0.1, 0.15) is 0 Å². The summed E-state index contributed by atoms with van der Waals surface area (Å²) in [4.78, 5) is 0.929. The molecule has 0 amide bonds. The molecule has 0 N–H and O–H groups in total. The second-order valence-electron chi connectivity index (χ2n) is 5.69. The van der Waals surface area contributed by atoms with Crippen LogP contribution in [0.25, 0.3) is 0 Å². The van der Waals surface area contributed by atoms with Gasteiger partial charge in [0.2, 0.25) is 10.0 Å². The predicted octanol–water partition coefficient (Wildman–Crippen LogP) is 2.66. The Labute approximate surface area is 159 Å². The minimum atomic E-state index is -3.70. The Morgan fingerprint density at radius 2 is 1.81 bits per heavy atom. The molecule has 0 bridgehead atoms. The lowest BCUT2D eigenvalue weighted by atomic mass is 10.2. The molecule has 0 aliphatic heterocycles. The Morgan fingerprint density at radius 3 is 2.35 bits per heavy atom. The molecule has 0 saturated carbocycles. The van der Waals surface area contributed by atoms with Crippen molar-refractivity contribution in [2.75, 3.05) is 18.6 Å². The lowest BCUT2D eigenvalue weighted by molar-refractivity contribution is 0.513. The molecule has 138 valence electrons. The van der Waals surface area contributed by atoms with Gasteiger partial charge in [-0.3, -0.25) is 4.31 Å². The predicted molar refractivity (Wildman–Crippen MR) is 105 cm³/mol. The van der Waals surface area contributed by atoms with Crippen molar-refractivity contribution >= 4 is 31.2 Å². The first-order chi connectivity index (χ1) is 12.1. The largest absolute Gasteiger partial charge is 0.262 e. The van der Waals surface area contributed by atoms with Crippen molar-refractivity contribution < 1.29 is 16.8 Å².